The molecule has 2 heterocycles. The van der Waals surface area contributed by atoms with Gasteiger partial charge >= 0.3 is 5.97 Å². The fourth-order valence-corrected chi connectivity index (χ4v) is 4.48. The highest BCUT2D eigenvalue weighted by atomic mass is 79.9. The molecule has 0 spiro atoms. The van der Waals surface area contributed by atoms with Crippen molar-refractivity contribution in [3.05, 3.63) is 80.9 Å². The average molecular weight is 561 g/mol. The number of fused-ring (bicyclic) bond motifs is 1. The quantitative estimate of drug-likeness (QED) is 0.286. The number of ether oxygens (including phenoxy) is 3. The van der Waals surface area contributed by atoms with E-state index in [1.165, 1.54) is 10.8 Å². The van der Waals surface area contributed by atoms with Crippen LogP contribution in [0.15, 0.2) is 64.8 Å². The number of carbonyl (C=O) groups excluding carboxylic acids is 1. The maximum absolute atomic E-state index is 13.0. The maximum Gasteiger partial charge on any atom is 0.338 e. The maximum atomic E-state index is 13.0. The summed E-state index contributed by atoms with van der Waals surface area (Å²) in [7, 11) is 0. The second-order valence-corrected chi connectivity index (χ2v) is 8.81. The molecular weight excluding hydrogens is 538 g/mol. The van der Waals surface area contributed by atoms with E-state index in [0.717, 1.165) is 5.56 Å². The van der Waals surface area contributed by atoms with Crippen LogP contribution < -0.4 is 14.8 Å². The van der Waals surface area contributed by atoms with E-state index < -0.39 is 12.0 Å². The molecule has 1 atom stereocenters. The summed E-state index contributed by atoms with van der Waals surface area (Å²) in [6, 6.07) is 10.5. The molecule has 9 nitrogen and oxygen atoms in total. The van der Waals surface area contributed by atoms with Crippen LogP contribution in [0.2, 0.25) is 5.02 Å². The van der Waals surface area contributed by atoms with Gasteiger partial charge in [0.25, 0.3) is 0 Å². The van der Waals surface area contributed by atoms with Crippen molar-refractivity contribution in [1.82, 2.24) is 20.2 Å². The van der Waals surface area contributed by atoms with E-state index in [9.17, 15) is 4.79 Å². The zero-order valence-corrected chi connectivity index (χ0v) is 21.5. The Morgan fingerprint density at radius 2 is 2.11 bits per heavy atom. The molecule has 0 saturated carbocycles. The SMILES string of the molecule is C=CCOC(=O)C1=C(C)Nc2nnnn2C1c1cc(Br)c(OCc2ccccc2Cl)c(OCC)c1. The Hall–Kier alpha value is -3.37. The zero-order chi connectivity index (χ0) is 24.9. The molecule has 1 aliphatic heterocycles. The number of benzene rings is 2. The highest BCUT2D eigenvalue weighted by Gasteiger charge is 2.36. The van der Waals surface area contributed by atoms with Gasteiger partial charge in [-0.25, -0.2) is 4.79 Å². The smallest absolute Gasteiger partial charge is 0.338 e. The van der Waals surface area contributed by atoms with Crippen molar-refractivity contribution in [3.63, 3.8) is 0 Å². The second kappa shape index (κ2) is 10.9. The van der Waals surface area contributed by atoms with E-state index in [4.69, 9.17) is 25.8 Å². The number of tetrazole rings is 1. The molecule has 3 aromatic rings. The van der Waals surface area contributed by atoms with Crippen molar-refractivity contribution in [2.75, 3.05) is 18.5 Å². The van der Waals surface area contributed by atoms with E-state index in [-0.39, 0.29) is 13.2 Å². The highest BCUT2D eigenvalue weighted by Crippen LogP contribution is 2.43. The molecule has 35 heavy (non-hydrogen) atoms. The number of rotatable bonds is 9. The number of aromatic nitrogens is 4. The number of anilines is 1. The van der Waals surface area contributed by atoms with Gasteiger partial charge in [-0.15, -0.1) is 0 Å². The van der Waals surface area contributed by atoms with Crippen LogP contribution in [-0.2, 0) is 16.1 Å². The number of hydrogen-bond acceptors (Lipinski definition) is 8. The first kappa shape index (κ1) is 24.7. The van der Waals surface area contributed by atoms with Crippen LogP contribution in [0.3, 0.4) is 0 Å². The van der Waals surface area contributed by atoms with Gasteiger partial charge in [0.15, 0.2) is 11.5 Å². The lowest BCUT2D eigenvalue weighted by atomic mass is 9.95. The number of nitrogens with one attached hydrogen (secondary N) is 1. The molecule has 1 aliphatic rings. The summed E-state index contributed by atoms with van der Waals surface area (Å²) in [6.07, 6.45) is 1.51. The molecule has 11 heteroatoms. The van der Waals surface area contributed by atoms with Crippen molar-refractivity contribution in [1.29, 1.82) is 0 Å². The summed E-state index contributed by atoms with van der Waals surface area (Å²) in [6.45, 7) is 7.99. The topological polar surface area (TPSA) is 100 Å². The summed E-state index contributed by atoms with van der Waals surface area (Å²) in [5, 5.41) is 15.6. The van der Waals surface area contributed by atoms with Crippen LogP contribution in [0.4, 0.5) is 5.95 Å². The molecule has 0 amide bonds. The van der Waals surface area contributed by atoms with Crippen LogP contribution in [-0.4, -0.2) is 39.4 Å². The first-order valence-electron chi connectivity index (χ1n) is 10.8. The number of carbonyl (C=O) groups is 1. The van der Waals surface area contributed by atoms with Crippen molar-refractivity contribution in [2.24, 2.45) is 0 Å². The summed E-state index contributed by atoms with van der Waals surface area (Å²) >= 11 is 9.90. The van der Waals surface area contributed by atoms with Gasteiger partial charge in [-0.2, -0.15) is 4.68 Å². The lowest BCUT2D eigenvalue weighted by Crippen LogP contribution is -2.29. The molecule has 0 bridgehead atoms. The predicted molar refractivity (Wildman–Crippen MR) is 135 cm³/mol. The van der Waals surface area contributed by atoms with Crippen LogP contribution in [0.25, 0.3) is 0 Å². The van der Waals surface area contributed by atoms with Crippen molar-refractivity contribution >= 4 is 39.4 Å². The fraction of sp³-hybridized carbons (Fsp3) is 0.250. The second-order valence-electron chi connectivity index (χ2n) is 7.54. The van der Waals surface area contributed by atoms with Gasteiger partial charge in [-0.1, -0.05) is 47.6 Å². The molecule has 4 rings (SSSR count). The first-order chi connectivity index (χ1) is 16.9. The molecule has 1 N–H and O–H groups in total. The monoisotopic (exact) mass is 559 g/mol. The fourth-order valence-electron chi connectivity index (χ4n) is 3.71. The third-order valence-electron chi connectivity index (χ3n) is 5.24. The number of halogens is 2. The Morgan fingerprint density at radius 3 is 2.86 bits per heavy atom. The standard InChI is InChI=1S/C24H23BrClN5O4/c1-4-10-34-23(32)20-14(3)27-24-28-29-30-31(24)21(20)16-11-17(25)22(19(12-16)33-5-2)35-13-15-8-6-7-9-18(15)26/h4,6-9,11-12,21H,1,5,10,13H2,2-3H3,(H,27,28,30). The first-order valence-corrected chi connectivity index (χ1v) is 12.0. The average Bonchev–Trinajstić information content (AvgIpc) is 3.30. The Bertz CT molecular complexity index is 1290. The van der Waals surface area contributed by atoms with Crippen LogP contribution >= 0.6 is 27.5 Å². The lowest BCUT2D eigenvalue weighted by molar-refractivity contribution is -0.138. The van der Waals surface area contributed by atoms with Crippen molar-refractivity contribution in [2.45, 2.75) is 26.5 Å². The minimum absolute atomic E-state index is 0.0769. The summed E-state index contributed by atoms with van der Waals surface area (Å²) in [5.41, 5.74) is 2.49. The molecule has 0 saturated heterocycles. The minimum Gasteiger partial charge on any atom is -0.490 e. The molecule has 0 fully saturated rings. The summed E-state index contributed by atoms with van der Waals surface area (Å²) in [5.74, 6) is 0.904. The van der Waals surface area contributed by atoms with Gasteiger partial charge in [0.2, 0.25) is 5.95 Å². The van der Waals surface area contributed by atoms with Crippen molar-refractivity contribution < 1.29 is 19.0 Å². The van der Waals surface area contributed by atoms with Crippen LogP contribution in [0.1, 0.15) is 31.0 Å². The third kappa shape index (κ3) is 5.18. The summed E-state index contributed by atoms with van der Waals surface area (Å²) < 4.78 is 19.5. The number of hydrogen-bond donors (Lipinski definition) is 1. The molecule has 0 aliphatic carbocycles. The van der Waals surface area contributed by atoms with E-state index in [0.29, 0.717) is 50.4 Å². The van der Waals surface area contributed by atoms with E-state index in [1.54, 1.807) is 6.92 Å². The van der Waals surface area contributed by atoms with Gasteiger partial charge in [0, 0.05) is 16.3 Å². The largest absolute Gasteiger partial charge is 0.490 e. The molecule has 0 radical (unpaired) electrons. The Labute approximate surface area is 215 Å². The molecule has 2 aromatic carbocycles. The van der Waals surface area contributed by atoms with Gasteiger partial charge in [0.05, 0.1) is 16.7 Å². The molecule has 1 unspecified atom stereocenters. The van der Waals surface area contributed by atoms with Crippen molar-refractivity contribution in [3.8, 4) is 11.5 Å². The van der Waals surface area contributed by atoms with Gasteiger partial charge in [-0.05, 0) is 64.0 Å². The number of esters is 1. The van der Waals surface area contributed by atoms with E-state index in [1.807, 2.05) is 43.3 Å². The van der Waals surface area contributed by atoms with Gasteiger partial charge in [0.1, 0.15) is 19.3 Å². The van der Waals surface area contributed by atoms with Crippen LogP contribution in [0, 0.1) is 0 Å². The number of nitrogens with zero attached hydrogens (tertiary/aromatic N) is 4. The minimum atomic E-state index is -0.660. The van der Waals surface area contributed by atoms with Gasteiger partial charge in [-0.3, -0.25) is 0 Å². The van der Waals surface area contributed by atoms with Gasteiger partial charge < -0.3 is 19.5 Å². The Kier molecular flexibility index (Phi) is 7.72. The van der Waals surface area contributed by atoms with E-state index >= 15 is 0 Å². The highest BCUT2D eigenvalue weighted by molar-refractivity contribution is 9.10. The Balaban J connectivity index is 1.75. The predicted octanol–water partition coefficient (Wildman–Crippen LogP) is 5.08. The number of allylic oxidation sites excluding steroid dienone is 1. The molecular formula is C24H23BrClN5O4. The molecule has 182 valence electrons. The van der Waals surface area contributed by atoms with E-state index in [2.05, 4.69) is 43.4 Å². The molecule has 1 aromatic heterocycles. The lowest BCUT2D eigenvalue weighted by Gasteiger charge is -2.28. The van der Waals surface area contributed by atoms with Crippen LogP contribution in [0.5, 0.6) is 11.5 Å². The summed E-state index contributed by atoms with van der Waals surface area (Å²) in [4.78, 5) is 13.0. The Morgan fingerprint density at radius 1 is 1.31 bits per heavy atom. The zero-order valence-electron chi connectivity index (χ0n) is 19.1. The third-order valence-corrected chi connectivity index (χ3v) is 6.20. The normalized spacial score (nSPS) is 14.7.